The van der Waals surface area contributed by atoms with E-state index in [2.05, 4.69) is 19.1 Å². The van der Waals surface area contributed by atoms with Gasteiger partial charge < -0.3 is 15.4 Å². The molecule has 0 bridgehead atoms. The van der Waals surface area contributed by atoms with Crippen LogP contribution in [0.5, 0.6) is 5.75 Å². The Balaban J connectivity index is 0.00000225. The standard InChI is InChI=1S/C23H28N2O2.ClH/c1-16-5-2-3-7-19(16)15-27-20-8-4-6-17(11-20)12-23(26)25-13-18-9-10-22(24)21(18)14-25;/h2-8,11,18,21-22H,9-10,12-15,24H2,1H3;1H. The molecule has 3 unspecified atom stereocenters. The van der Waals surface area contributed by atoms with Crippen molar-refractivity contribution in [3.63, 3.8) is 0 Å². The maximum Gasteiger partial charge on any atom is 0.227 e. The van der Waals surface area contributed by atoms with Crippen LogP contribution >= 0.6 is 12.4 Å². The lowest BCUT2D eigenvalue weighted by Gasteiger charge is -2.19. The Kier molecular flexibility index (Phi) is 6.63. The van der Waals surface area contributed by atoms with Crippen LogP contribution in [-0.2, 0) is 17.8 Å². The van der Waals surface area contributed by atoms with E-state index in [9.17, 15) is 4.79 Å². The van der Waals surface area contributed by atoms with Crippen LogP contribution in [0.15, 0.2) is 48.5 Å². The van der Waals surface area contributed by atoms with Gasteiger partial charge >= 0.3 is 0 Å². The average Bonchev–Trinajstić information content (AvgIpc) is 3.24. The molecule has 1 aliphatic heterocycles. The molecule has 1 saturated carbocycles. The van der Waals surface area contributed by atoms with E-state index in [0.717, 1.165) is 37.2 Å². The molecule has 2 fully saturated rings. The Labute approximate surface area is 173 Å². The van der Waals surface area contributed by atoms with E-state index in [1.54, 1.807) is 0 Å². The van der Waals surface area contributed by atoms with Crippen molar-refractivity contribution in [2.45, 2.75) is 38.8 Å². The minimum Gasteiger partial charge on any atom is -0.489 e. The molecular weight excluding hydrogens is 372 g/mol. The van der Waals surface area contributed by atoms with Crippen molar-refractivity contribution >= 4 is 18.3 Å². The molecule has 2 aromatic carbocycles. The molecule has 4 nitrogen and oxygen atoms in total. The summed E-state index contributed by atoms with van der Waals surface area (Å²) in [6.45, 7) is 4.33. The Morgan fingerprint density at radius 1 is 1.14 bits per heavy atom. The molecule has 1 amide bonds. The first-order valence-corrected chi connectivity index (χ1v) is 9.90. The molecule has 4 rings (SSSR count). The van der Waals surface area contributed by atoms with Crippen molar-refractivity contribution in [2.75, 3.05) is 13.1 Å². The third kappa shape index (κ3) is 4.50. The molecule has 28 heavy (non-hydrogen) atoms. The first-order chi connectivity index (χ1) is 13.1. The summed E-state index contributed by atoms with van der Waals surface area (Å²) in [5, 5.41) is 0. The summed E-state index contributed by atoms with van der Waals surface area (Å²) in [4.78, 5) is 14.7. The summed E-state index contributed by atoms with van der Waals surface area (Å²) < 4.78 is 5.95. The maximum atomic E-state index is 12.7. The molecule has 1 aliphatic carbocycles. The van der Waals surface area contributed by atoms with Crippen LogP contribution in [0.3, 0.4) is 0 Å². The van der Waals surface area contributed by atoms with Gasteiger partial charge in [-0.2, -0.15) is 0 Å². The number of nitrogens with zero attached hydrogens (tertiary/aromatic N) is 1. The van der Waals surface area contributed by atoms with Crippen LogP contribution in [0.25, 0.3) is 0 Å². The Bertz CT molecular complexity index is 826. The fourth-order valence-corrected chi connectivity index (χ4v) is 4.48. The smallest absolute Gasteiger partial charge is 0.227 e. The minimum atomic E-state index is 0. The highest BCUT2D eigenvalue weighted by atomic mass is 35.5. The highest BCUT2D eigenvalue weighted by molar-refractivity contribution is 5.85. The second-order valence-electron chi connectivity index (χ2n) is 8.00. The lowest BCUT2D eigenvalue weighted by atomic mass is 9.98. The second-order valence-corrected chi connectivity index (χ2v) is 8.00. The van der Waals surface area contributed by atoms with Crippen LogP contribution in [0.2, 0.25) is 0 Å². The molecule has 150 valence electrons. The van der Waals surface area contributed by atoms with Crippen molar-refractivity contribution < 1.29 is 9.53 Å². The number of aryl methyl sites for hydroxylation is 1. The first kappa shape index (κ1) is 20.7. The highest BCUT2D eigenvalue weighted by Crippen LogP contribution is 2.37. The van der Waals surface area contributed by atoms with Crippen molar-refractivity contribution in [1.82, 2.24) is 4.90 Å². The van der Waals surface area contributed by atoms with E-state index in [-0.39, 0.29) is 24.4 Å². The van der Waals surface area contributed by atoms with Gasteiger partial charge in [0.1, 0.15) is 12.4 Å². The first-order valence-electron chi connectivity index (χ1n) is 9.90. The molecule has 0 spiro atoms. The van der Waals surface area contributed by atoms with E-state index < -0.39 is 0 Å². The van der Waals surface area contributed by atoms with Gasteiger partial charge in [-0.1, -0.05) is 36.4 Å². The predicted octanol–water partition coefficient (Wildman–Crippen LogP) is 3.73. The van der Waals surface area contributed by atoms with Crippen molar-refractivity contribution in [3.05, 3.63) is 65.2 Å². The summed E-state index contributed by atoms with van der Waals surface area (Å²) in [5.74, 6) is 2.11. The zero-order valence-corrected chi connectivity index (χ0v) is 17.2. The van der Waals surface area contributed by atoms with Gasteiger partial charge in [-0.15, -0.1) is 12.4 Å². The molecule has 3 atom stereocenters. The quantitative estimate of drug-likeness (QED) is 0.831. The molecule has 5 heteroatoms. The summed E-state index contributed by atoms with van der Waals surface area (Å²) >= 11 is 0. The van der Waals surface area contributed by atoms with Gasteiger partial charge in [0, 0.05) is 19.1 Å². The van der Waals surface area contributed by atoms with Crippen molar-refractivity contribution in [1.29, 1.82) is 0 Å². The summed E-state index contributed by atoms with van der Waals surface area (Å²) in [7, 11) is 0. The molecule has 0 radical (unpaired) electrons. The van der Waals surface area contributed by atoms with Gasteiger partial charge in [-0.05, 0) is 60.4 Å². The topological polar surface area (TPSA) is 55.6 Å². The summed E-state index contributed by atoms with van der Waals surface area (Å²) in [5.41, 5.74) is 9.60. The monoisotopic (exact) mass is 400 g/mol. The van der Waals surface area contributed by atoms with Gasteiger partial charge in [0.05, 0.1) is 6.42 Å². The largest absolute Gasteiger partial charge is 0.489 e. The van der Waals surface area contributed by atoms with Gasteiger partial charge in [-0.25, -0.2) is 0 Å². The van der Waals surface area contributed by atoms with Crippen LogP contribution in [0, 0.1) is 18.8 Å². The number of rotatable bonds is 5. The fourth-order valence-electron chi connectivity index (χ4n) is 4.48. The normalized spacial score (nSPS) is 23.2. The Morgan fingerprint density at radius 3 is 2.75 bits per heavy atom. The van der Waals surface area contributed by atoms with E-state index in [0.29, 0.717) is 24.9 Å². The van der Waals surface area contributed by atoms with Crippen LogP contribution in [-0.4, -0.2) is 29.9 Å². The van der Waals surface area contributed by atoms with Crippen LogP contribution in [0.4, 0.5) is 0 Å². The number of fused-ring (bicyclic) bond motifs is 1. The maximum absolute atomic E-state index is 12.7. The number of hydrogen-bond acceptors (Lipinski definition) is 3. The van der Waals surface area contributed by atoms with Crippen molar-refractivity contribution in [3.8, 4) is 5.75 Å². The number of ether oxygens (including phenoxy) is 1. The molecule has 2 aliphatic rings. The molecular formula is C23H29ClN2O2. The Morgan fingerprint density at radius 2 is 1.96 bits per heavy atom. The number of hydrogen-bond donors (Lipinski definition) is 1. The number of nitrogens with two attached hydrogens (primary N) is 1. The lowest BCUT2D eigenvalue weighted by molar-refractivity contribution is -0.129. The number of halogens is 1. The van der Waals surface area contributed by atoms with Gasteiger partial charge in [0.25, 0.3) is 0 Å². The molecule has 1 saturated heterocycles. The van der Waals surface area contributed by atoms with E-state index >= 15 is 0 Å². The lowest BCUT2D eigenvalue weighted by Crippen LogP contribution is -2.34. The highest BCUT2D eigenvalue weighted by Gasteiger charge is 2.42. The number of benzene rings is 2. The average molecular weight is 401 g/mol. The Hall–Kier alpha value is -2.04. The zero-order valence-electron chi connectivity index (χ0n) is 16.3. The predicted molar refractivity (Wildman–Crippen MR) is 114 cm³/mol. The molecule has 1 heterocycles. The number of likely N-dealkylation sites (tertiary alicyclic amines) is 1. The van der Waals surface area contributed by atoms with Crippen LogP contribution < -0.4 is 10.5 Å². The van der Waals surface area contributed by atoms with Gasteiger partial charge in [0.15, 0.2) is 0 Å². The van der Waals surface area contributed by atoms with Crippen molar-refractivity contribution in [2.24, 2.45) is 17.6 Å². The van der Waals surface area contributed by atoms with E-state index in [4.69, 9.17) is 10.5 Å². The van der Waals surface area contributed by atoms with Crippen LogP contribution in [0.1, 0.15) is 29.5 Å². The second kappa shape index (κ2) is 8.97. The van der Waals surface area contributed by atoms with E-state index in [1.165, 1.54) is 11.1 Å². The zero-order chi connectivity index (χ0) is 18.8. The minimum absolute atomic E-state index is 0. The van der Waals surface area contributed by atoms with Gasteiger partial charge in [-0.3, -0.25) is 4.79 Å². The number of amides is 1. The third-order valence-electron chi connectivity index (χ3n) is 6.17. The van der Waals surface area contributed by atoms with E-state index in [1.807, 2.05) is 41.3 Å². The third-order valence-corrected chi connectivity index (χ3v) is 6.17. The van der Waals surface area contributed by atoms with Gasteiger partial charge in [0.2, 0.25) is 5.91 Å². The number of carbonyl (C=O) groups excluding carboxylic acids is 1. The SMILES string of the molecule is Cc1ccccc1COc1cccc(CC(=O)N2CC3CCC(N)C3C2)c1.Cl. The molecule has 2 aromatic rings. The number of carbonyl (C=O) groups is 1. The fraction of sp³-hybridized carbons (Fsp3) is 0.435. The molecule has 2 N–H and O–H groups in total. The summed E-state index contributed by atoms with van der Waals surface area (Å²) in [6.07, 6.45) is 2.70. The molecule has 0 aromatic heterocycles. The summed E-state index contributed by atoms with van der Waals surface area (Å²) in [6, 6.07) is 16.4.